The first-order valence-electron chi connectivity index (χ1n) is 5.43. The van der Waals surface area contributed by atoms with E-state index in [-0.39, 0.29) is 0 Å². The molecule has 0 heterocycles. The molecule has 97 valence electrons. The Kier molecular flexibility index (Phi) is 14.6. The van der Waals surface area contributed by atoms with Crippen LogP contribution in [0.3, 0.4) is 0 Å². The second-order valence-electron chi connectivity index (χ2n) is 4.42. The smallest absolute Gasteiger partial charge is 0.160 e. The van der Waals surface area contributed by atoms with Gasteiger partial charge in [0.1, 0.15) is 0 Å². The zero-order valence-corrected chi connectivity index (χ0v) is 15.0. The molecular formula is C10H22MoO2PS2. The van der Waals surface area contributed by atoms with Gasteiger partial charge >= 0.3 is 80.6 Å². The summed E-state index contributed by atoms with van der Waals surface area (Å²) in [5, 5.41) is 0. The molecule has 0 aliphatic carbocycles. The molecule has 0 aromatic carbocycles. The quantitative estimate of drug-likeness (QED) is 0.314. The third-order valence-corrected chi connectivity index (χ3v) is 4.26. The van der Waals surface area contributed by atoms with E-state index in [2.05, 4.69) is 51.8 Å². The SMILES string of the molecule is CC(C)C[CH2][Mo+3][CH2]CC(C)C.[O-]P([O-])(=S)[S-]. The Morgan fingerprint density at radius 3 is 1.50 bits per heavy atom. The monoisotopic (exact) mass is 367 g/mol. The minimum absolute atomic E-state index is 0.397. The molecule has 0 fully saturated rings. The number of hydrogen-bond acceptors (Lipinski definition) is 4. The van der Waals surface area contributed by atoms with Crippen LogP contribution >= 0.6 is 5.69 Å². The van der Waals surface area contributed by atoms with Crippen LogP contribution in [-0.2, 0) is 42.6 Å². The molecule has 0 aromatic rings. The topological polar surface area (TPSA) is 46.1 Å². The Morgan fingerprint density at radius 1 is 1.06 bits per heavy atom. The predicted molar refractivity (Wildman–Crippen MR) is 70.2 cm³/mol. The maximum atomic E-state index is 9.29. The van der Waals surface area contributed by atoms with Crippen LogP contribution in [0.25, 0.3) is 0 Å². The average molecular weight is 365 g/mol. The van der Waals surface area contributed by atoms with Gasteiger partial charge in [0.05, 0.1) is 0 Å². The van der Waals surface area contributed by atoms with Crippen molar-refractivity contribution < 1.29 is 28.3 Å². The molecule has 0 atom stereocenters. The summed E-state index contributed by atoms with van der Waals surface area (Å²) in [6, 6.07) is 0. The number of rotatable bonds is 6. The van der Waals surface area contributed by atoms with Crippen molar-refractivity contribution in [3.05, 3.63) is 0 Å². The Bertz CT molecular complexity index is 177. The summed E-state index contributed by atoms with van der Waals surface area (Å²) < 4.78 is 0. The first kappa shape index (κ1) is 19.9. The molecule has 0 spiro atoms. The Labute approximate surface area is 119 Å². The second kappa shape index (κ2) is 11.7. The molecule has 0 unspecified atom stereocenters. The first-order chi connectivity index (χ1) is 7.13. The molecule has 0 saturated heterocycles. The molecule has 0 bridgehead atoms. The van der Waals surface area contributed by atoms with Crippen LogP contribution in [0, 0.1) is 11.8 Å². The van der Waals surface area contributed by atoms with Crippen molar-refractivity contribution in [3.8, 4) is 0 Å². The van der Waals surface area contributed by atoms with Gasteiger partial charge in [-0.1, -0.05) is 0 Å². The van der Waals surface area contributed by atoms with Gasteiger partial charge in [-0.15, -0.1) is 0 Å². The fourth-order valence-corrected chi connectivity index (χ4v) is 4.38. The molecular weight excluding hydrogens is 343 g/mol. The first-order valence-corrected chi connectivity index (χ1v) is 11.9. The van der Waals surface area contributed by atoms with Gasteiger partial charge in [0, 0.05) is 0 Å². The van der Waals surface area contributed by atoms with E-state index in [1.165, 1.54) is 12.8 Å². The summed E-state index contributed by atoms with van der Waals surface area (Å²) in [5.41, 5.74) is -3.72. The standard InChI is InChI=1S/2C5H11.Mo.H3O2PS2/c2*1-4-5(2)3;;1-3(2,4)5/h2*5H,1,4H2,2-3H3;;(H3,1,2,4,5)/q;;+3;/p-3. The molecule has 0 saturated carbocycles. The van der Waals surface area contributed by atoms with Crippen LogP contribution in [0.15, 0.2) is 0 Å². The van der Waals surface area contributed by atoms with Crippen molar-refractivity contribution in [1.82, 2.24) is 0 Å². The molecule has 16 heavy (non-hydrogen) atoms. The second-order valence-corrected chi connectivity index (χ2v) is 11.9. The molecule has 0 radical (unpaired) electrons. The van der Waals surface area contributed by atoms with Crippen LogP contribution < -0.4 is 9.79 Å². The Morgan fingerprint density at radius 2 is 1.31 bits per heavy atom. The molecule has 0 N–H and O–H groups in total. The summed E-state index contributed by atoms with van der Waals surface area (Å²) in [7, 11) is 0. The van der Waals surface area contributed by atoms with Gasteiger partial charge in [0.15, 0.2) is 0 Å². The van der Waals surface area contributed by atoms with Crippen LogP contribution in [-0.4, -0.2) is 0 Å². The molecule has 6 heteroatoms. The van der Waals surface area contributed by atoms with E-state index in [1.807, 2.05) is 0 Å². The summed E-state index contributed by atoms with van der Waals surface area (Å²) in [6.07, 6.45) is 2.95. The summed E-state index contributed by atoms with van der Waals surface area (Å²) >= 11 is 7.68. The van der Waals surface area contributed by atoms with Crippen LogP contribution in [0.5, 0.6) is 0 Å². The van der Waals surface area contributed by atoms with Gasteiger partial charge < -0.3 is 27.7 Å². The van der Waals surface area contributed by atoms with Gasteiger partial charge in [0.2, 0.25) is 0 Å². The summed E-state index contributed by atoms with van der Waals surface area (Å²) in [5.74, 6) is 1.86. The third-order valence-electron chi connectivity index (χ3n) is 1.68. The van der Waals surface area contributed by atoms with Gasteiger partial charge in [-0.2, -0.15) is 11.8 Å². The van der Waals surface area contributed by atoms with Crippen LogP contribution in [0.2, 0.25) is 9.62 Å². The Hall–Kier alpha value is 1.61. The van der Waals surface area contributed by atoms with E-state index >= 15 is 0 Å². The van der Waals surface area contributed by atoms with E-state index in [4.69, 9.17) is 0 Å². The zero-order chi connectivity index (χ0) is 13.2. The fraction of sp³-hybridized carbons (Fsp3) is 1.00. The van der Waals surface area contributed by atoms with Gasteiger partial charge in [-0.05, 0) is 0 Å². The largest absolute Gasteiger partial charge is 0.850 e. The van der Waals surface area contributed by atoms with E-state index in [1.54, 1.807) is 9.62 Å². The fourth-order valence-electron chi connectivity index (χ4n) is 0.740. The van der Waals surface area contributed by atoms with Crippen molar-refractivity contribution in [2.24, 2.45) is 11.8 Å². The molecule has 0 aliphatic rings. The van der Waals surface area contributed by atoms with Gasteiger partial charge in [-0.3, -0.25) is 0 Å². The minimum atomic E-state index is -3.72. The van der Waals surface area contributed by atoms with Crippen molar-refractivity contribution in [3.63, 3.8) is 0 Å². The molecule has 0 rings (SSSR count). The average Bonchev–Trinajstić information content (AvgIpc) is 1.99. The van der Waals surface area contributed by atoms with E-state index in [9.17, 15) is 9.79 Å². The summed E-state index contributed by atoms with van der Waals surface area (Å²) in [6.45, 7) is 9.32. The molecule has 0 aromatic heterocycles. The Balaban J connectivity index is 0. The van der Waals surface area contributed by atoms with Gasteiger partial charge in [0.25, 0.3) is 0 Å². The third kappa shape index (κ3) is 36.1. The van der Waals surface area contributed by atoms with Crippen molar-refractivity contribution >= 4 is 29.7 Å². The zero-order valence-electron chi connectivity index (χ0n) is 10.5. The molecule has 2 nitrogen and oxygen atoms in total. The van der Waals surface area contributed by atoms with Crippen molar-refractivity contribution in [2.75, 3.05) is 0 Å². The number of hydrogen-bond donors (Lipinski definition) is 0. The van der Waals surface area contributed by atoms with Crippen molar-refractivity contribution in [1.29, 1.82) is 0 Å². The molecule has 0 aliphatic heterocycles. The maximum absolute atomic E-state index is 9.29. The van der Waals surface area contributed by atoms with Crippen LogP contribution in [0.1, 0.15) is 40.5 Å². The molecule has 0 amide bonds. The normalized spacial score (nSPS) is 11.1. The minimum Gasteiger partial charge on any atom is -0.850 e. The maximum Gasteiger partial charge on any atom is -0.160 e. The summed E-state index contributed by atoms with van der Waals surface area (Å²) in [4.78, 5) is 21.7. The van der Waals surface area contributed by atoms with E-state index in [0.717, 1.165) is 11.8 Å². The predicted octanol–water partition coefficient (Wildman–Crippen LogP) is 2.48. The van der Waals surface area contributed by atoms with Gasteiger partial charge in [-0.25, -0.2) is 0 Å². The van der Waals surface area contributed by atoms with E-state index in [0.29, 0.717) is 18.6 Å². The van der Waals surface area contributed by atoms with Crippen LogP contribution in [0.4, 0.5) is 0 Å². The van der Waals surface area contributed by atoms with E-state index < -0.39 is 5.69 Å². The van der Waals surface area contributed by atoms with Crippen molar-refractivity contribution in [2.45, 2.75) is 50.2 Å².